The van der Waals surface area contributed by atoms with Crippen molar-refractivity contribution in [2.24, 2.45) is 0 Å². The molecule has 0 bridgehead atoms. The van der Waals surface area contributed by atoms with Gasteiger partial charge in [0.05, 0.1) is 45.8 Å². The second kappa shape index (κ2) is 13.5. The van der Waals surface area contributed by atoms with Crippen LogP contribution in [-0.4, -0.2) is 73.0 Å². The minimum absolute atomic E-state index is 0.0724. The molecule has 1 fully saturated rings. The number of alkyl halides is 3. The van der Waals surface area contributed by atoms with Crippen LogP contribution in [0.25, 0.3) is 0 Å². The van der Waals surface area contributed by atoms with E-state index in [1.165, 1.54) is 52.8 Å². The Balaban J connectivity index is 1.42. The number of hydrogen-bond acceptors (Lipinski definition) is 7. The fraction of sp³-hybridized carbons (Fsp3) is 0.296. The molecule has 1 saturated heterocycles. The van der Waals surface area contributed by atoms with Crippen LogP contribution in [0.3, 0.4) is 0 Å². The van der Waals surface area contributed by atoms with E-state index < -0.39 is 49.9 Å². The number of carbonyl (C=O) groups is 1. The molecule has 1 amide bonds. The molecule has 3 aromatic rings. The van der Waals surface area contributed by atoms with Gasteiger partial charge in [-0.15, -0.1) is 0 Å². The second-order valence-corrected chi connectivity index (χ2v) is 13.4. The number of sulfonamides is 2. The number of amides is 1. The molecule has 0 radical (unpaired) electrons. The zero-order valence-corrected chi connectivity index (χ0v) is 24.8. The number of rotatable bonds is 11. The summed E-state index contributed by atoms with van der Waals surface area (Å²) in [5, 5.41) is 2.17. The zero-order chi connectivity index (χ0) is 31.3. The van der Waals surface area contributed by atoms with Gasteiger partial charge in [-0.1, -0.05) is 29.8 Å². The van der Waals surface area contributed by atoms with Gasteiger partial charge in [0.25, 0.3) is 10.0 Å². The van der Waals surface area contributed by atoms with E-state index in [-0.39, 0.29) is 41.1 Å². The van der Waals surface area contributed by atoms with Gasteiger partial charge in [-0.3, -0.25) is 9.10 Å². The highest BCUT2D eigenvalue weighted by Gasteiger charge is 2.34. The highest BCUT2D eigenvalue weighted by atomic mass is 35.5. The van der Waals surface area contributed by atoms with E-state index >= 15 is 0 Å². The predicted octanol–water partition coefficient (Wildman–Crippen LogP) is 3.77. The van der Waals surface area contributed by atoms with Gasteiger partial charge in [0.1, 0.15) is 18.9 Å². The largest absolute Gasteiger partial charge is 0.492 e. The van der Waals surface area contributed by atoms with E-state index in [1.807, 2.05) is 0 Å². The van der Waals surface area contributed by atoms with Crippen LogP contribution >= 0.6 is 11.6 Å². The molecule has 1 heterocycles. The number of anilines is 1. The van der Waals surface area contributed by atoms with Crippen LogP contribution in [-0.2, 0) is 35.8 Å². The van der Waals surface area contributed by atoms with Gasteiger partial charge in [-0.2, -0.15) is 17.5 Å². The summed E-state index contributed by atoms with van der Waals surface area (Å²) in [4.78, 5) is 12.6. The lowest BCUT2D eigenvalue weighted by atomic mass is 10.2. The second-order valence-electron chi connectivity index (χ2n) is 9.17. The first-order valence-corrected chi connectivity index (χ1v) is 16.1. The van der Waals surface area contributed by atoms with Crippen molar-refractivity contribution in [1.82, 2.24) is 9.62 Å². The van der Waals surface area contributed by atoms with Crippen molar-refractivity contribution >= 4 is 43.2 Å². The van der Waals surface area contributed by atoms with Crippen LogP contribution in [0.5, 0.6) is 5.75 Å². The first-order chi connectivity index (χ1) is 20.3. The monoisotopic (exact) mass is 661 g/mol. The molecule has 16 heteroatoms. The first kappa shape index (κ1) is 32.5. The Morgan fingerprint density at radius 1 is 0.953 bits per heavy atom. The van der Waals surface area contributed by atoms with Gasteiger partial charge in [0.15, 0.2) is 0 Å². The average molecular weight is 662 g/mol. The smallest absolute Gasteiger partial charge is 0.416 e. The quantitative estimate of drug-likeness (QED) is 0.311. The molecular weight excluding hydrogens is 635 g/mol. The molecule has 0 aromatic heterocycles. The lowest BCUT2D eigenvalue weighted by Gasteiger charge is -2.26. The van der Waals surface area contributed by atoms with Crippen LogP contribution < -0.4 is 14.4 Å². The summed E-state index contributed by atoms with van der Waals surface area (Å²) >= 11 is 6.12. The standard InChI is InChI=1S/C27H27ClF3N3O7S2/c28-24-11-6-20(27(29,30)31)18-25(24)34(43(38,39)22-4-2-1-3-5-22)19-26(35)32-12-15-41-21-7-9-23(10-8-21)42(36,37)33-13-16-40-17-14-33/h1-11,18H,12-17,19H2,(H,32,35). The van der Waals surface area contributed by atoms with Crippen LogP contribution in [0.1, 0.15) is 5.56 Å². The summed E-state index contributed by atoms with van der Waals surface area (Å²) in [6.07, 6.45) is -4.79. The molecule has 43 heavy (non-hydrogen) atoms. The van der Waals surface area contributed by atoms with E-state index in [9.17, 15) is 34.8 Å². The maximum Gasteiger partial charge on any atom is 0.416 e. The highest BCUT2D eigenvalue weighted by molar-refractivity contribution is 7.93. The van der Waals surface area contributed by atoms with Crippen molar-refractivity contribution in [1.29, 1.82) is 0 Å². The molecule has 0 spiro atoms. The molecule has 1 N–H and O–H groups in total. The number of nitrogens with one attached hydrogen (secondary N) is 1. The molecule has 0 unspecified atom stereocenters. The Morgan fingerprint density at radius 3 is 2.23 bits per heavy atom. The number of nitrogens with zero attached hydrogens (tertiary/aromatic N) is 2. The first-order valence-electron chi connectivity index (χ1n) is 12.8. The van der Waals surface area contributed by atoms with E-state index in [2.05, 4.69) is 5.32 Å². The topological polar surface area (TPSA) is 122 Å². The average Bonchev–Trinajstić information content (AvgIpc) is 2.99. The summed E-state index contributed by atoms with van der Waals surface area (Å²) in [6, 6.07) is 14.8. The third-order valence-electron chi connectivity index (χ3n) is 6.29. The molecule has 1 aliphatic rings. The molecule has 232 valence electrons. The molecule has 4 rings (SSSR count). The van der Waals surface area contributed by atoms with Gasteiger partial charge >= 0.3 is 6.18 Å². The molecule has 0 atom stereocenters. The lowest BCUT2D eigenvalue weighted by Crippen LogP contribution is -2.42. The number of morpholine rings is 1. The summed E-state index contributed by atoms with van der Waals surface area (Å²) in [5.74, 6) is -0.511. The van der Waals surface area contributed by atoms with Crippen LogP contribution in [0.15, 0.2) is 82.6 Å². The normalized spacial score (nSPS) is 14.7. The fourth-order valence-electron chi connectivity index (χ4n) is 4.09. The van der Waals surface area contributed by atoms with Crippen molar-refractivity contribution in [3.8, 4) is 5.75 Å². The molecule has 0 aliphatic carbocycles. The van der Waals surface area contributed by atoms with Crippen LogP contribution in [0.2, 0.25) is 5.02 Å². The number of ether oxygens (including phenoxy) is 2. The van der Waals surface area contributed by atoms with Crippen molar-refractivity contribution in [2.75, 3.05) is 50.3 Å². The van der Waals surface area contributed by atoms with E-state index in [1.54, 1.807) is 6.07 Å². The Morgan fingerprint density at radius 2 is 1.60 bits per heavy atom. The molecule has 0 saturated carbocycles. The maximum atomic E-state index is 13.4. The van der Waals surface area contributed by atoms with Gasteiger partial charge in [0.2, 0.25) is 15.9 Å². The van der Waals surface area contributed by atoms with Gasteiger partial charge in [-0.25, -0.2) is 16.8 Å². The molecule has 10 nitrogen and oxygen atoms in total. The van der Waals surface area contributed by atoms with E-state index in [0.29, 0.717) is 35.4 Å². The molecule has 3 aromatic carbocycles. The Bertz CT molecular complexity index is 1630. The number of benzene rings is 3. The molecular formula is C27H27ClF3N3O7S2. The summed E-state index contributed by atoms with van der Waals surface area (Å²) in [7, 11) is -8.18. The number of hydrogen-bond donors (Lipinski definition) is 1. The van der Waals surface area contributed by atoms with E-state index in [0.717, 1.165) is 6.07 Å². The Hall–Kier alpha value is -3.37. The van der Waals surface area contributed by atoms with Crippen LogP contribution in [0, 0.1) is 0 Å². The summed E-state index contributed by atoms with van der Waals surface area (Å²) in [5.41, 5.74) is -1.66. The Labute approximate surface area is 252 Å². The highest BCUT2D eigenvalue weighted by Crippen LogP contribution is 2.37. The number of carbonyl (C=O) groups excluding carboxylic acids is 1. The summed E-state index contributed by atoms with van der Waals surface area (Å²) in [6.45, 7) is 0.102. The van der Waals surface area contributed by atoms with E-state index in [4.69, 9.17) is 21.1 Å². The number of halogens is 4. The van der Waals surface area contributed by atoms with Crippen molar-refractivity contribution in [2.45, 2.75) is 16.0 Å². The van der Waals surface area contributed by atoms with Crippen molar-refractivity contribution < 1.29 is 44.3 Å². The van der Waals surface area contributed by atoms with Gasteiger partial charge in [-0.05, 0) is 54.6 Å². The lowest BCUT2D eigenvalue weighted by molar-refractivity contribution is -0.137. The third kappa shape index (κ3) is 7.97. The molecule has 1 aliphatic heterocycles. The van der Waals surface area contributed by atoms with Crippen LogP contribution in [0.4, 0.5) is 18.9 Å². The minimum Gasteiger partial charge on any atom is -0.492 e. The maximum absolute atomic E-state index is 13.4. The van der Waals surface area contributed by atoms with Crippen molar-refractivity contribution in [3.63, 3.8) is 0 Å². The van der Waals surface area contributed by atoms with Gasteiger partial charge < -0.3 is 14.8 Å². The predicted molar refractivity (Wildman–Crippen MR) is 152 cm³/mol. The van der Waals surface area contributed by atoms with Gasteiger partial charge in [0, 0.05) is 13.1 Å². The minimum atomic E-state index is -4.79. The summed E-state index contributed by atoms with van der Waals surface area (Å²) < 4.78 is 105. The third-order valence-corrected chi connectivity index (χ3v) is 10.3. The zero-order valence-electron chi connectivity index (χ0n) is 22.5. The Kier molecular flexibility index (Phi) is 10.2. The SMILES string of the molecule is O=C(CN(c1cc(C(F)(F)F)ccc1Cl)S(=O)(=O)c1ccccc1)NCCOc1ccc(S(=O)(=O)N2CCOCC2)cc1. The van der Waals surface area contributed by atoms with Crippen molar-refractivity contribution in [3.05, 3.63) is 83.4 Å². The fourth-order valence-corrected chi connectivity index (χ4v) is 7.22.